The highest BCUT2D eigenvalue weighted by molar-refractivity contribution is 6.30. The Balaban J connectivity index is 1.06. The molecule has 1 N–H and O–H groups in total. The third-order valence-electron chi connectivity index (χ3n) is 7.50. The van der Waals surface area contributed by atoms with Gasteiger partial charge in [0.2, 0.25) is 0 Å². The van der Waals surface area contributed by atoms with Crippen LogP contribution in [0.2, 0.25) is 5.02 Å². The number of pyridine rings is 1. The van der Waals surface area contributed by atoms with Gasteiger partial charge in [0.05, 0.1) is 40.8 Å². The van der Waals surface area contributed by atoms with E-state index in [0.29, 0.717) is 13.1 Å². The Bertz CT molecular complexity index is 1550. The molecule has 0 spiro atoms. The van der Waals surface area contributed by atoms with E-state index in [1.54, 1.807) is 18.2 Å². The Morgan fingerprint density at radius 1 is 1.15 bits per heavy atom. The number of aromatic nitrogens is 3. The van der Waals surface area contributed by atoms with Crippen LogP contribution in [-0.4, -0.2) is 62.4 Å². The number of imidazole rings is 1. The van der Waals surface area contributed by atoms with Crippen molar-refractivity contribution in [1.29, 1.82) is 0 Å². The van der Waals surface area contributed by atoms with Gasteiger partial charge in [-0.1, -0.05) is 23.7 Å². The van der Waals surface area contributed by atoms with Crippen molar-refractivity contribution in [2.75, 3.05) is 19.7 Å². The first kappa shape index (κ1) is 27.4. The molecule has 2 fully saturated rings. The highest BCUT2D eigenvalue weighted by atomic mass is 35.5. The van der Waals surface area contributed by atoms with Gasteiger partial charge in [0.25, 0.3) is 5.88 Å². The second-order valence-corrected chi connectivity index (χ2v) is 10.8. The van der Waals surface area contributed by atoms with E-state index in [1.807, 2.05) is 24.3 Å². The number of hydrogen-bond acceptors (Lipinski definition) is 7. The van der Waals surface area contributed by atoms with E-state index < -0.39 is 11.8 Å². The topological polar surface area (TPSA) is 98.9 Å². The van der Waals surface area contributed by atoms with Crippen LogP contribution in [0.3, 0.4) is 0 Å². The van der Waals surface area contributed by atoms with Crippen molar-refractivity contribution in [2.24, 2.45) is 0 Å². The van der Waals surface area contributed by atoms with Gasteiger partial charge in [-0.2, -0.15) is 0 Å². The van der Waals surface area contributed by atoms with E-state index in [9.17, 15) is 14.3 Å². The minimum atomic E-state index is -0.950. The number of benzene rings is 2. The molecule has 2 aromatic heterocycles. The number of carbonyl (C=O) groups is 1. The molecular weight excluding hydrogens is 551 g/mol. The zero-order valence-corrected chi connectivity index (χ0v) is 23.1. The average Bonchev–Trinajstić information content (AvgIpc) is 3.27. The summed E-state index contributed by atoms with van der Waals surface area (Å²) >= 11 is 5.76. The smallest absolute Gasteiger partial charge is 0.335 e. The summed E-state index contributed by atoms with van der Waals surface area (Å²) in [5.41, 5.74) is 2.71. The van der Waals surface area contributed by atoms with Gasteiger partial charge in [-0.3, -0.25) is 4.90 Å². The fourth-order valence-corrected chi connectivity index (χ4v) is 5.35. The van der Waals surface area contributed by atoms with Crippen LogP contribution >= 0.6 is 11.6 Å². The number of fused-ring (bicyclic) bond motifs is 1. The Morgan fingerprint density at radius 3 is 2.71 bits per heavy atom. The molecular formula is C30H30ClFN4O5. The maximum Gasteiger partial charge on any atom is 0.335 e. The number of rotatable bonds is 10. The van der Waals surface area contributed by atoms with Gasteiger partial charge in [-0.05, 0) is 61.2 Å². The fraction of sp³-hybridized carbons (Fsp3) is 0.367. The molecule has 1 atom stereocenters. The van der Waals surface area contributed by atoms with Crippen molar-refractivity contribution < 1.29 is 28.5 Å². The molecule has 6 rings (SSSR count). The van der Waals surface area contributed by atoms with E-state index in [4.69, 9.17) is 30.8 Å². The molecule has 2 aliphatic heterocycles. The predicted molar refractivity (Wildman–Crippen MR) is 150 cm³/mol. The van der Waals surface area contributed by atoms with Crippen LogP contribution in [0.25, 0.3) is 11.0 Å². The molecule has 0 bridgehead atoms. The Kier molecular flexibility index (Phi) is 8.04. The highest BCUT2D eigenvalue weighted by Crippen LogP contribution is 2.26. The van der Waals surface area contributed by atoms with Crippen molar-refractivity contribution in [2.45, 2.75) is 51.2 Å². The van der Waals surface area contributed by atoms with Crippen LogP contribution in [-0.2, 0) is 24.4 Å². The number of ether oxygens (including phenoxy) is 3. The molecule has 0 aliphatic carbocycles. The number of piperidine rings is 1. The lowest BCUT2D eigenvalue weighted by molar-refractivity contribution is -0.0592. The summed E-state index contributed by atoms with van der Waals surface area (Å²) in [6.07, 6.45) is 4.24. The molecule has 4 aromatic rings. The lowest BCUT2D eigenvalue weighted by Gasteiger charge is -2.32. The summed E-state index contributed by atoms with van der Waals surface area (Å²) in [4.78, 5) is 22.7. The number of aromatic carboxylic acids is 1. The SMILES string of the molecule is O=C(O)c1ccc2nc(CN3CCC(Oc4cccc(COc5ncc(Cl)cc5F)c4)CC3)n(CC3CCO3)c2c1. The highest BCUT2D eigenvalue weighted by Gasteiger charge is 2.26. The van der Waals surface area contributed by atoms with Crippen molar-refractivity contribution in [3.05, 3.63) is 82.5 Å². The molecule has 2 saturated heterocycles. The normalized spacial score (nSPS) is 17.9. The van der Waals surface area contributed by atoms with Gasteiger partial charge in [-0.25, -0.2) is 19.2 Å². The summed E-state index contributed by atoms with van der Waals surface area (Å²) in [5, 5.41) is 9.69. The second-order valence-electron chi connectivity index (χ2n) is 10.4. The first-order chi connectivity index (χ1) is 19.9. The largest absolute Gasteiger partial charge is 0.490 e. The monoisotopic (exact) mass is 580 g/mol. The second kappa shape index (κ2) is 12.0. The number of carboxylic acids is 1. The Labute approximate surface area is 241 Å². The third kappa shape index (κ3) is 6.45. The minimum Gasteiger partial charge on any atom is -0.490 e. The summed E-state index contributed by atoms with van der Waals surface area (Å²) in [7, 11) is 0. The van der Waals surface area contributed by atoms with Crippen LogP contribution in [0.1, 0.15) is 41.0 Å². The maximum absolute atomic E-state index is 14.0. The number of carboxylic acid groups (broad SMARTS) is 1. The summed E-state index contributed by atoms with van der Waals surface area (Å²) in [6, 6.07) is 13.8. The lowest BCUT2D eigenvalue weighted by atomic mass is 10.1. The molecule has 0 saturated carbocycles. The zero-order chi connectivity index (χ0) is 28.3. The molecule has 0 amide bonds. The summed E-state index contributed by atoms with van der Waals surface area (Å²) < 4.78 is 33.6. The van der Waals surface area contributed by atoms with Crippen molar-refractivity contribution in [1.82, 2.24) is 19.4 Å². The third-order valence-corrected chi connectivity index (χ3v) is 7.71. The van der Waals surface area contributed by atoms with Gasteiger partial charge in [-0.15, -0.1) is 0 Å². The van der Waals surface area contributed by atoms with Crippen LogP contribution in [0, 0.1) is 5.82 Å². The molecule has 2 aromatic carbocycles. The van der Waals surface area contributed by atoms with Crippen molar-refractivity contribution >= 4 is 28.6 Å². The molecule has 214 valence electrons. The zero-order valence-electron chi connectivity index (χ0n) is 22.3. The van der Waals surface area contributed by atoms with E-state index in [-0.39, 0.29) is 35.3 Å². The molecule has 1 unspecified atom stereocenters. The fourth-order valence-electron chi connectivity index (χ4n) is 5.21. The van der Waals surface area contributed by atoms with Gasteiger partial charge >= 0.3 is 5.97 Å². The van der Waals surface area contributed by atoms with Crippen molar-refractivity contribution in [3.8, 4) is 11.6 Å². The molecule has 0 radical (unpaired) electrons. The van der Waals surface area contributed by atoms with Gasteiger partial charge in [0.15, 0.2) is 5.82 Å². The first-order valence-corrected chi connectivity index (χ1v) is 14.0. The predicted octanol–water partition coefficient (Wildman–Crippen LogP) is 5.33. The van der Waals surface area contributed by atoms with Crippen LogP contribution in [0.4, 0.5) is 4.39 Å². The number of nitrogens with zero attached hydrogens (tertiary/aromatic N) is 4. The van der Waals surface area contributed by atoms with Gasteiger partial charge in [0.1, 0.15) is 24.3 Å². The van der Waals surface area contributed by atoms with Crippen LogP contribution in [0.5, 0.6) is 11.6 Å². The summed E-state index contributed by atoms with van der Waals surface area (Å²) in [6.45, 7) is 3.93. The summed E-state index contributed by atoms with van der Waals surface area (Å²) in [5.74, 6) is 0.00815. The first-order valence-electron chi connectivity index (χ1n) is 13.7. The van der Waals surface area contributed by atoms with Gasteiger partial charge < -0.3 is 23.9 Å². The molecule has 2 aliphatic rings. The Morgan fingerprint density at radius 2 is 1.98 bits per heavy atom. The molecule has 4 heterocycles. The standard InChI is InChI=1S/C30H30ClFN4O5/c31-21-14-25(32)29(33-15-21)40-18-19-2-1-3-23(12-19)41-22-6-9-35(10-7-22)17-28-34-26-5-4-20(30(37)38)13-27(26)36(28)16-24-8-11-39-24/h1-5,12-15,22,24H,6-11,16-18H2,(H,37,38). The van der Waals surface area contributed by atoms with Gasteiger partial charge in [0, 0.05) is 25.9 Å². The van der Waals surface area contributed by atoms with E-state index in [1.165, 1.54) is 12.3 Å². The Hall–Kier alpha value is -3.73. The molecule has 9 nitrogen and oxygen atoms in total. The number of hydrogen-bond donors (Lipinski definition) is 1. The lowest BCUT2D eigenvalue weighted by Crippen LogP contribution is -2.39. The minimum absolute atomic E-state index is 0.0677. The quantitative estimate of drug-likeness (QED) is 0.269. The maximum atomic E-state index is 14.0. The van der Waals surface area contributed by atoms with Crippen molar-refractivity contribution in [3.63, 3.8) is 0 Å². The number of halogens is 2. The molecule has 11 heteroatoms. The van der Waals surface area contributed by atoms with E-state index >= 15 is 0 Å². The van der Waals surface area contributed by atoms with Crippen LogP contribution < -0.4 is 9.47 Å². The van der Waals surface area contributed by atoms with Crippen LogP contribution in [0.15, 0.2) is 54.7 Å². The van der Waals surface area contributed by atoms with E-state index in [0.717, 1.165) is 67.1 Å². The number of likely N-dealkylation sites (tertiary alicyclic amines) is 1. The molecule has 41 heavy (non-hydrogen) atoms. The van der Waals surface area contributed by atoms with E-state index in [2.05, 4.69) is 14.5 Å². The average molecular weight is 581 g/mol.